The average molecular weight is 372 g/mol. The first-order chi connectivity index (χ1) is 12.1. The number of rotatable bonds is 2. The Kier molecular flexibility index (Phi) is 4.32. The van der Waals surface area contributed by atoms with Crippen molar-refractivity contribution in [2.75, 3.05) is 18.0 Å². The maximum Gasteiger partial charge on any atom is 0.420 e. The number of nitro groups is 1. The lowest BCUT2D eigenvalue weighted by Gasteiger charge is -2.27. The summed E-state index contributed by atoms with van der Waals surface area (Å²) >= 11 is 0. The zero-order chi connectivity index (χ0) is 19.1. The lowest BCUT2D eigenvalue weighted by molar-refractivity contribution is -0.385. The van der Waals surface area contributed by atoms with Gasteiger partial charge >= 0.3 is 6.18 Å². The molecule has 26 heavy (non-hydrogen) atoms. The van der Waals surface area contributed by atoms with Gasteiger partial charge in [0, 0.05) is 25.6 Å². The fourth-order valence-electron chi connectivity index (χ4n) is 3.47. The molecule has 2 saturated heterocycles. The van der Waals surface area contributed by atoms with E-state index in [2.05, 4.69) is 10.3 Å². The second-order valence-corrected chi connectivity index (χ2v) is 6.50. The summed E-state index contributed by atoms with van der Waals surface area (Å²) in [4.78, 5) is 38.6. The van der Waals surface area contributed by atoms with Crippen LogP contribution < -0.4 is 10.2 Å². The van der Waals surface area contributed by atoms with Crippen LogP contribution in [0, 0.1) is 15.5 Å². The predicted octanol–water partition coefficient (Wildman–Crippen LogP) is 2.03. The highest BCUT2D eigenvalue weighted by Gasteiger charge is 2.48. The number of pyridine rings is 1. The van der Waals surface area contributed by atoms with E-state index in [9.17, 15) is 32.9 Å². The molecule has 0 aromatic carbocycles. The van der Waals surface area contributed by atoms with E-state index >= 15 is 0 Å². The van der Waals surface area contributed by atoms with Gasteiger partial charge in [-0.25, -0.2) is 4.98 Å². The standard InChI is InChI=1S/C15H15F3N4O4/c16-15(17,18)10-6-9(22(25)26)7-19-12(10)21-5-4-14(8-21)3-1-2-11(23)20-13(14)24/h6-7H,1-5,8H2,(H,20,23,24). The van der Waals surface area contributed by atoms with E-state index in [0.29, 0.717) is 18.9 Å². The molecule has 0 aliphatic carbocycles. The van der Waals surface area contributed by atoms with Gasteiger partial charge in [-0.1, -0.05) is 0 Å². The molecule has 1 atom stereocenters. The molecule has 1 N–H and O–H groups in total. The summed E-state index contributed by atoms with van der Waals surface area (Å²) in [6.07, 6.45) is -2.74. The van der Waals surface area contributed by atoms with Crippen LogP contribution >= 0.6 is 0 Å². The van der Waals surface area contributed by atoms with E-state index in [4.69, 9.17) is 0 Å². The first-order valence-corrected chi connectivity index (χ1v) is 7.93. The van der Waals surface area contributed by atoms with Crippen molar-refractivity contribution < 1.29 is 27.7 Å². The third-order valence-electron chi connectivity index (χ3n) is 4.82. The Balaban J connectivity index is 1.94. The monoisotopic (exact) mass is 372 g/mol. The number of halogens is 3. The number of amides is 2. The summed E-state index contributed by atoms with van der Waals surface area (Å²) in [5.41, 5.74) is -2.93. The molecule has 1 aromatic rings. The molecule has 2 aliphatic heterocycles. The normalized spacial score (nSPS) is 23.9. The van der Waals surface area contributed by atoms with Gasteiger partial charge in [0.1, 0.15) is 17.6 Å². The van der Waals surface area contributed by atoms with Crippen LogP contribution in [0.15, 0.2) is 12.3 Å². The molecule has 3 heterocycles. The summed E-state index contributed by atoms with van der Waals surface area (Å²) in [5, 5.41) is 13.0. The van der Waals surface area contributed by atoms with Crippen molar-refractivity contribution in [3.05, 3.63) is 27.9 Å². The third kappa shape index (κ3) is 3.20. The van der Waals surface area contributed by atoms with Gasteiger partial charge in [0.15, 0.2) is 0 Å². The molecule has 1 aromatic heterocycles. The number of imide groups is 1. The van der Waals surface area contributed by atoms with Crippen molar-refractivity contribution in [1.82, 2.24) is 10.3 Å². The highest BCUT2D eigenvalue weighted by Crippen LogP contribution is 2.43. The van der Waals surface area contributed by atoms with Crippen LogP contribution in [0.4, 0.5) is 24.7 Å². The first-order valence-electron chi connectivity index (χ1n) is 7.93. The highest BCUT2D eigenvalue weighted by molar-refractivity contribution is 5.99. The molecule has 8 nitrogen and oxygen atoms in total. The van der Waals surface area contributed by atoms with Crippen LogP contribution in [-0.4, -0.2) is 34.8 Å². The first kappa shape index (κ1) is 18.1. The summed E-state index contributed by atoms with van der Waals surface area (Å²) in [6.45, 7) is 0.107. The molecule has 0 saturated carbocycles. The highest BCUT2D eigenvalue weighted by atomic mass is 19.4. The molecule has 0 radical (unpaired) electrons. The van der Waals surface area contributed by atoms with Crippen molar-refractivity contribution in [2.45, 2.75) is 31.9 Å². The fraction of sp³-hybridized carbons (Fsp3) is 0.533. The molecule has 3 rings (SSSR count). The quantitative estimate of drug-likeness (QED) is 0.484. The lowest BCUT2D eigenvalue weighted by Crippen LogP contribution is -2.43. The van der Waals surface area contributed by atoms with Crippen molar-refractivity contribution in [3.63, 3.8) is 0 Å². The summed E-state index contributed by atoms with van der Waals surface area (Å²) in [6, 6.07) is 0.448. The average Bonchev–Trinajstić information content (AvgIpc) is 2.93. The molecule has 1 unspecified atom stereocenters. The Bertz CT molecular complexity index is 783. The number of carbonyl (C=O) groups is 2. The fourth-order valence-corrected chi connectivity index (χ4v) is 3.47. The minimum absolute atomic E-state index is 0.0278. The minimum atomic E-state index is -4.83. The number of nitrogens with zero attached hydrogens (tertiary/aromatic N) is 3. The molecular formula is C15H15F3N4O4. The summed E-state index contributed by atoms with van der Waals surface area (Å²) < 4.78 is 40.1. The van der Waals surface area contributed by atoms with Crippen LogP contribution in [0.2, 0.25) is 0 Å². The van der Waals surface area contributed by atoms with Crippen molar-refractivity contribution in [3.8, 4) is 0 Å². The van der Waals surface area contributed by atoms with Gasteiger partial charge in [-0.3, -0.25) is 25.0 Å². The molecule has 140 valence electrons. The Labute approximate surface area is 145 Å². The summed E-state index contributed by atoms with van der Waals surface area (Å²) in [7, 11) is 0. The number of hydrogen-bond acceptors (Lipinski definition) is 6. The predicted molar refractivity (Wildman–Crippen MR) is 82.2 cm³/mol. The SMILES string of the molecule is O=C1CCCC2(CCN(c3ncc([N+](=O)[O-])cc3C(F)(F)F)C2)C(=O)N1. The number of carbonyl (C=O) groups excluding carboxylic acids is 2. The smallest absolute Gasteiger partial charge is 0.355 e. The largest absolute Gasteiger partial charge is 0.420 e. The Morgan fingerprint density at radius 1 is 1.31 bits per heavy atom. The van der Waals surface area contributed by atoms with Crippen LogP contribution in [0.25, 0.3) is 0 Å². The van der Waals surface area contributed by atoms with Gasteiger partial charge in [-0.2, -0.15) is 13.2 Å². The molecule has 2 amide bonds. The zero-order valence-electron chi connectivity index (χ0n) is 13.5. The third-order valence-corrected chi connectivity index (χ3v) is 4.82. The second-order valence-electron chi connectivity index (χ2n) is 6.50. The Morgan fingerprint density at radius 2 is 2.04 bits per heavy atom. The van der Waals surface area contributed by atoms with Crippen molar-refractivity contribution in [2.24, 2.45) is 5.41 Å². The second kappa shape index (κ2) is 6.22. The van der Waals surface area contributed by atoms with Crippen LogP contribution in [0.5, 0.6) is 0 Å². The van der Waals surface area contributed by atoms with Gasteiger partial charge in [-0.05, 0) is 19.3 Å². The number of alkyl halides is 3. The maximum atomic E-state index is 13.4. The van der Waals surface area contributed by atoms with E-state index in [0.717, 1.165) is 6.20 Å². The van der Waals surface area contributed by atoms with E-state index in [-0.39, 0.29) is 25.9 Å². The number of anilines is 1. The van der Waals surface area contributed by atoms with Crippen molar-refractivity contribution in [1.29, 1.82) is 0 Å². The van der Waals surface area contributed by atoms with Gasteiger partial charge in [0.25, 0.3) is 5.69 Å². The Hall–Kier alpha value is -2.72. The molecule has 2 fully saturated rings. The van der Waals surface area contributed by atoms with Crippen LogP contribution in [0.3, 0.4) is 0 Å². The minimum Gasteiger partial charge on any atom is -0.355 e. The molecule has 2 aliphatic rings. The van der Waals surface area contributed by atoms with Crippen LogP contribution in [0.1, 0.15) is 31.2 Å². The van der Waals surface area contributed by atoms with E-state index in [1.165, 1.54) is 4.90 Å². The van der Waals surface area contributed by atoms with Crippen molar-refractivity contribution >= 4 is 23.3 Å². The summed E-state index contributed by atoms with van der Waals surface area (Å²) in [5.74, 6) is -1.32. The lowest BCUT2D eigenvalue weighted by atomic mass is 9.82. The Morgan fingerprint density at radius 3 is 2.69 bits per heavy atom. The molecule has 1 spiro atoms. The van der Waals surface area contributed by atoms with E-state index in [1.807, 2.05) is 0 Å². The van der Waals surface area contributed by atoms with Gasteiger partial charge in [0.05, 0.1) is 10.3 Å². The zero-order valence-corrected chi connectivity index (χ0v) is 13.5. The molecular weight excluding hydrogens is 357 g/mol. The van der Waals surface area contributed by atoms with Gasteiger partial charge in [-0.15, -0.1) is 0 Å². The van der Waals surface area contributed by atoms with Gasteiger partial charge in [0.2, 0.25) is 11.8 Å². The number of nitrogens with one attached hydrogen (secondary N) is 1. The molecule has 11 heteroatoms. The number of aromatic nitrogens is 1. The van der Waals surface area contributed by atoms with Crippen LogP contribution in [-0.2, 0) is 15.8 Å². The number of hydrogen-bond donors (Lipinski definition) is 1. The molecule has 0 bridgehead atoms. The van der Waals surface area contributed by atoms with E-state index in [1.54, 1.807) is 0 Å². The van der Waals surface area contributed by atoms with E-state index < -0.39 is 45.4 Å². The topological polar surface area (TPSA) is 105 Å². The maximum absolute atomic E-state index is 13.4. The van der Waals surface area contributed by atoms with Gasteiger partial charge < -0.3 is 4.90 Å².